The molecule has 0 aliphatic carbocycles. The fourth-order valence-electron chi connectivity index (χ4n) is 2.24. The minimum Gasteiger partial charge on any atom is -0.348 e. The summed E-state index contributed by atoms with van der Waals surface area (Å²) in [5.41, 5.74) is 0. The monoisotopic (exact) mass is 233 g/mol. The molecule has 2 rings (SSSR count). The number of carbonyl (C=O) groups excluding carboxylic acids is 1. The van der Waals surface area contributed by atoms with Crippen molar-refractivity contribution < 1.29 is 4.79 Å². The lowest BCUT2D eigenvalue weighted by atomic mass is 10.0. The van der Waals surface area contributed by atoms with Crippen LogP contribution in [-0.2, 0) is 4.79 Å². The first-order valence-corrected chi connectivity index (χ1v) is 6.24. The minimum absolute atomic E-state index is 0.165. The maximum absolute atomic E-state index is 12.4. The Morgan fingerprint density at radius 3 is 2.82 bits per heavy atom. The molecule has 0 spiro atoms. The average molecular weight is 233 g/mol. The third kappa shape index (κ3) is 2.75. The Bertz CT molecular complexity index is 377. The van der Waals surface area contributed by atoms with Crippen molar-refractivity contribution in [3.8, 4) is 0 Å². The molecule has 1 aliphatic heterocycles. The summed E-state index contributed by atoms with van der Waals surface area (Å²) in [5.74, 6) is 0.643. The van der Waals surface area contributed by atoms with Gasteiger partial charge in [-0.3, -0.25) is 4.79 Å². The van der Waals surface area contributed by atoms with Crippen molar-refractivity contribution >= 4 is 5.91 Å². The summed E-state index contributed by atoms with van der Waals surface area (Å²) in [4.78, 5) is 21.6. The Hall–Kier alpha value is -1.58. The van der Waals surface area contributed by atoms with Crippen molar-refractivity contribution in [2.45, 2.75) is 32.1 Å². The zero-order valence-corrected chi connectivity index (χ0v) is 10.2. The van der Waals surface area contributed by atoms with Crippen LogP contribution in [0.4, 0.5) is 0 Å². The van der Waals surface area contributed by atoms with Gasteiger partial charge < -0.3 is 9.88 Å². The summed E-state index contributed by atoms with van der Waals surface area (Å²) in [5, 5.41) is 0. The van der Waals surface area contributed by atoms with E-state index in [-0.39, 0.29) is 11.8 Å². The van der Waals surface area contributed by atoms with Crippen LogP contribution < -0.4 is 0 Å². The number of likely N-dealkylation sites (tertiary alicyclic amines) is 1. The van der Waals surface area contributed by atoms with Gasteiger partial charge in [-0.2, -0.15) is 0 Å². The van der Waals surface area contributed by atoms with Crippen LogP contribution >= 0.6 is 0 Å². The number of amides is 1. The summed E-state index contributed by atoms with van der Waals surface area (Å²) in [6.45, 7) is 3.70. The highest BCUT2D eigenvalue weighted by Crippen LogP contribution is 2.19. The van der Waals surface area contributed by atoms with Crippen LogP contribution in [0.15, 0.2) is 24.5 Å². The molecule has 2 heterocycles. The highest BCUT2D eigenvalue weighted by atomic mass is 16.2. The Balaban J connectivity index is 2.12. The van der Waals surface area contributed by atoms with Crippen LogP contribution in [0, 0.1) is 0 Å². The van der Waals surface area contributed by atoms with Gasteiger partial charge in [0.1, 0.15) is 11.7 Å². The van der Waals surface area contributed by atoms with E-state index in [0.29, 0.717) is 0 Å². The van der Waals surface area contributed by atoms with E-state index >= 15 is 0 Å². The van der Waals surface area contributed by atoms with E-state index in [0.717, 1.165) is 31.8 Å². The first kappa shape index (κ1) is 11.9. The van der Waals surface area contributed by atoms with Crippen molar-refractivity contribution in [2.24, 2.45) is 0 Å². The highest BCUT2D eigenvalue weighted by molar-refractivity contribution is 5.84. The van der Waals surface area contributed by atoms with Gasteiger partial charge in [0, 0.05) is 25.5 Å². The molecule has 1 aromatic heterocycles. The fraction of sp³-hybridized carbons (Fsp3) is 0.538. The Kier molecular flexibility index (Phi) is 3.96. The zero-order chi connectivity index (χ0) is 12.1. The number of nitrogens with one attached hydrogen (secondary N) is 1. The molecule has 1 unspecified atom stereocenters. The van der Waals surface area contributed by atoms with Crippen LogP contribution in [-0.4, -0.2) is 33.9 Å². The number of aromatic amines is 1. The van der Waals surface area contributed by atoms with Crippen molar-refractivity contribution in [1.82, 2.24) is 14.9 Å². The first-order valence-electron chi connectivity index (χ1n) is 6.24. The summed E-state index contributed by atoms with van der Waals surface area (Å²) in [7, 11) is 0. The smallest absolute Gasteiger partial charge is 0.237 e. The maximum Gasteiger partial charge on any atom is 0.237 e. The number of H-pyrrole nitrogens is 1. The minimum atomic E-state index is -0.256. The SMILES string of the molecule is CC=CC(C(=O)N1CCCCC1)c1ncc[nH]1. The predicted octanol–water partition coefficient (Wildman–Crippen LogP) is 2.08. The van der Waals surface area contributed by atoms with E-state index in [4.69, 9.17) is 0 Å². The van der Waals surface area contributed by atoms with Crippen molar-refractivity contribution in [1.29, 1.82) is 0 Å². The van der Waals surface area contributed by atoms with Crippen molar-refractivity contribution in [2.75, 3.05) is 13.1 Å². The average Bonchev–Trinajstić information content (AvgIpc) is 2.90. The molecule has 0 bridgehead atoms. The molecule has 4 nitrogen and oxygen atoms in total. The van der Waals surface area contributed by atoms with Crippen molar-refractivity contribution in [3.63, 3.8) is 0 Å². The van der Waals surface area contributed by atoms with E-state index in [1.165, 1.54) is 6.42 Å². The molecule has 4 heteroatoms. The normalized spacial score (nSPS) is 18.5. The summed E-state index contributed by atoms with van der Waals surface area (Å²) >= 11 is 0. The van der Waals surface area contributed by atoms with E-state index in [1.807, 2.05) is 24.0 Å². The van der Waals surface area contributed by atoms with Gasteiger partial charge in [0.25, 0.3) is 0 Å². The second kappa shape index (κ2) is 5.66. The number of allylic oxidation sites excluding steroid dienone is 1. The van der Waals surface area contributed by atoms with E-state index < -0.39 is 0 Å². The zero-order valence-electron chi connectivity index (χ0n) is 10.2. The molecule has 17 heavy (non-hydrogen) atoms. The van der Waals surface area contributed by atoms with Gasteiger partial charge in [0.15, 0.2) is 0 Å². The highest BCUT2D eigenvalue weighted by Gasteiger charge is 2.26. The number of hydrogen-bond donors (Lipinski definition) is 1. The van der Waals surface area contributed by atoms with E-state index in [1.54, 1.807) is 12.4 Å². The number of hydrogen-bond acceptors (Lipinski definition) is 2. The number of aromatic nitrogens is 2. The molecule has 1 aromatic rings. The number of nitrogens with zero attached hydrogens (tertiary/aromatic N) is 2. The van der Waals surface area contributed by atoms with Crippen LogP contribution in [0.25, 0.3) is 0 Å². The summed E-state index contributed by atoms with van der Waals surface area (Å²) in [6, 6.07) is 0. The molecule has 0 radical (unpaired) electrons. The molecule has 1 N–H and O–H groups in total. The molecule has 0 aromatic carbocycles. The van der Waals surface area contributed by atoms with Crippen LogP contribution in [0.5, 0.6) is 0 Å². The molecule has 1 saturated heterocycles. The van der Waals surface area contributed by atoms with Crippen LogP contribution in [0.1, 0.15) is 37.9 Å². The van der Waals surface area contributed by atoms with Gasteiger partial charge in [-0.1, -0.05) is 12.2 Å². The number of imidazole rings is 1. The lowest BCUT2D eigenvalue weighted by molar-refractivity contribution is -0.132. The molecular formula is C13H19N3O. The van der Waals surface area contributed by atoms with Crippen molar-refractivity contribution in [3.05, 3.63) is 30.4 Å². The Morgan fingerprint density at radius 2 is 2.24 bits per heavy atom. The molecule has 1 aliphatic rings. The van der Waals surface area contributed by atoms with Gasteiger partial charge in [0.05, 0.1) is 0 Å². The molecule has 1 amide bonds. The lowest BCUT2D eigenvalue weighted by Gasteiger charge is -2.28. The molecular weight excluding hydrogens is 214 g/mol. The second-order valence-electron chi connectivity index (χ2n) is 4.36. The molecule has 1 fully saturated rings. The van der Waals surface area contributed by atoms with Gasteiger partial charge in [-0.15, -0.1) is 0 Å². The number of rotatable bonds is 3. The number of carbonyl (C=O) groups is 1. The maximum atomic E-state index is 12.4. The first-order chi connectivity index (χ1) is 8.33. The van der Waals surface area contributed by atoms with Gasteiger partial charge in [-0.05, 0) is 26.2 Å². The van der Waals surface area contributed by atoms with Gasteiger partial charge in [0.2, 0.25) is 5.91 Å². The van der Waals surface area contributed by atoms with Crippen LogP contribution in [0.3, 0.4) is 0 Å². The summed E-state index contributed by atoms with van der Waals surface area (Å²) in [6.07, 6.45) is 10.7. The third-order valence-corrected chi connectivity index (χ3v) is 3.13. The third-order valence-electron chi connectivity index (χ3n) is 3.13. The van der Waals surface area contributed by atoms with Gasteiger partial charge in [-0.25, -0.2) is 4.98 Å². The Labute approximate surface area is 102 Å². The summed E-state index contributed by atoms with van der Waals surface area (Å²) < 4.78 is 0. The number of piperidine rings is 1. The fourth-order valence-corrected chi connectivity index (χ4v) is 2.24. The molecule has 0 saturated carbocycles. The molecule has 92 valence electrons. The lowest BCUT2D eigenvalue weighted by Crippen LogP contribution is -2.38. The largest absolute Gasteiger partial charge is 0.348 e. The van der Waals surface area contributed by atoms with Crippen LogP contribution in [0.2, 0.25) is 0 Å². The topological polar surface area (TPSA) is 49.0 Å². The Morgan fingerprint density at radius 1 is 1.47 bits per heavy atom. The standard InChI is InChI=1S/C13H19N3O/c1-2-6-11(12-14-7-8-15-12)13(17)16-9-4-3-5-10-16/h2,6-8,11H,3-5,9-10H2,1H3,(H,14,15). The quantitative estimate of drug-likeness (QED) is 0.813. The van der Waals surface area contributed by atoms with E-state index in [2.05, 4.69) is 9.97 Å². The molecule has 1 atom stereocenters. The second-order valence-corrected chi connectivity index (χ2v) is 4.36. The predicted molar refractivity (Wildman–Crippen MR) is 66.6 cm³/mol. The van der Waals surface area contributed by atoms with E-state index in [9.17, 15) is 4.79 Å². The van der Waals surface area contributed by atoms with Gasteiger partial charge >= 0.3 is 0 Å².